The third kappa shape index (κ3) is 2.73. The normalized spacial score (nSPS) is 12.2. The molecule has 0 saturated heterocycles. The second-order valence-electron chi connectivity index (χ2n) is 4.21. The molecule has 2 rings (SSSR count). The lowest BCUT2D eigenvalue weighted by molar-refractivity contribution is -0.384. The Balaban J connectivity index is 2.30. The van der Waals surface area contributed by atoms with Crippen molar-refractivity contribution in [3.05, 3.63) is 57.8 Å². The van der Waals surface area contributed by atoms with Crippen molar-refractivity contribution in [2.75, 3.05) is 5.32 Å². The first-order chi connectivity index (χ1) is 8.99. The van der Waals surface area contributed by atoms with Crippen LogP contribution in [0, 0.1) is 22.9 Å². The van der Waals surface area contributed by atoms with Crippen LogP contribution in [0.3, 0.4) is 0 Å². The van der Waals surface area contributed by atoms with Gasteiger partial charge in [0.1, 0.15) is 17.2 Å². The summed E-state index contributed by atoms with van der Waals surface area (Å²) in [5.74, 6) is 0.658. The second-order valence-corrected chi connectivity index (χ2v) is 4.21. The summed E-state index contributed by atoms with van der Waals surface area (Å²) >= 11 is 0. The van der Waals surface area contributed by atoms with Crippen LogP contribution in [0.2, 0.25) is 0 Å². The van der Waals surface area contributed by atoms with Gasteiger partial charge in [-0.25, -0.2) is 4.39 Å². The van der Waals surface area contributed by atoms with Gasteiger partial charge in [-0.2, -0.15) is 0 Å². The van der Waals surface area contributed by atoms with Crippen LogP contribution in [-0.2, 0) is 0 Å². The Morgan fingerprint density at radius 1 is 1.37 bits per heavy atom. The zero-order valence-electron chi connectivity index (χ0n) is 10.5. The molecule has 19 heavy (non-hydrogen) atoms. The number of aryl methyl sites for hydroxylation is 1. The summed E-state index contributed by atoms with van der Waals surface area (Å²) in [6.45, 7) is 3.54. The smallest absolute Gasteiger partial charge is 0.295 e. The van der Waals surface area contributed by atoms with Gasteiger partial charge in [0, 0.05) is 6.07 Å². The van der Waals surface area contributed by atoms with Crippen LogP contribution < -0.4 is 5.32 Å². The number of para-hydroxylation sites is 1. The lowest BCUT2D eigenvalue weighted by atomic mass is 10.2. The summed E-state index contributed by atoms with van der Waals surface area (Å²) in [5.41, 5.74) is -0.427. The fourth-order valence-electron chi connectivity index (χ4n) is 1.78. The minimum Gasteiger partial charge on any atom is -0.464 e. The van der Waals surface area contributed by atoms with Crippen LogP contribution in [0.4, 0.5) is 15.8 Å². The van der Waals surface area contributed by atoms with E-state index in [1.807, 2.05) is 0 Å². The van der Waals surface area contributed by atoms with E-state index in [0.29, 0.717) is 5.76 Å². The van der Waals surface area contributed by atoms with Gasteiger partial charge in [-0.05, 0) is 32.0 Å². The largest absolute Gasteiger partial charge is 0.464 e. The van der Waals surface area contributed by atoms with E-state index >= 15 is 0 Å². The van der Waals surface area contributed by atoms with E-state index in [2.05, 4.69) is 5.32 Å². The Hall–Kier alpha value is -2.37. The first-order valence-electron chi connectivity index (χ1n) is 5.75. The third-order valence-corrected chi connectivity index (χ3v) is 2.74. The van der Waals surface area contributed by atoms with Crippen molar-refractivity contribution in [3.8, 4) is 0 Å². The lowest BCUT2D eigenvalue weighted by Crippen LogP contribution is -2.09. The van der Waals surface area contributed by atoms with Gasteiger partial charge in [0.2, 0.25) is 0 Å². The van der Waals surface area contributed by atoms with E-state index in [9.17, 15) is 14.5 Å². The molecule has 1 aromatic heterocycles. The van der Waals surface area contributed by atoms with Crippen molar-refractivity contribution in [2.24, 2.45) is 0 Å². The number of nitrogens with one attached hydrogen (secondary N) is 1. The van der Waals surface area contributed by atoms with Crippen molar-refractivity contribution in [1.29, 1.82) is 0 Å². The molecule has 1 atom stereocenters. The van der Waals surface area contributed by atoms with E-state index in [4.69, 9.17) is 4.42 Å². The predicted molar refractivity (Wildman–Crippen MR) is 68.5 cm³/mol. The monoisotopic (exact) mass is 264 g/mol. The maximum Gasteiger partial charge on any atom is 0.295 e. The molecule has 1 heterocycles. The molecule has 0 fully saturated rings. The van der Waals surface area contributed by atoms with Gasteiger partial charge >= 0.3 is 0 Å². The highest BCUT2D eigenvalue weighted by atomic mass is 19.1. The molecular formula is C13H13FN2O3. The third-order valence-electron chi connectivity index (χ3n) is 2.74. The molecular weight excluding hydrogens is 251 g/mol. The number of rotatable bonds is 4. The highest BCUT2D eigenvalue weighted by molar-refractivity contribution is 5.62. The molecule has 0 radical (unpaired) electrons. The van der Waals surface area contributed by atoms with Crippen molar-refractivity contribution in [2.45, 2.75) is 19.9 Å². The first-order valence-corrected chi connectivity index (χ1v) is 5.75. The Kier molecular flexibility index (Phi) is 3.50. The van der Waals surface area contributed by atoms with Gasteiger partial charge in [-0.15, -0.1) is 0 Å². The van der Waals surface area contributed by atoms with Gasteiger partial charge in [-0.3, -0.25) is 10.1 Å². The maximum absolute atomic E-state index is 13.7. The van der Waals surface area contributed by atoms with Gasteiger partial charge in [-0.1, -0.05) is 6.07 Å². The fraction of sp³-hybridized carbons (Fsp3) is 0.231. The maximum atomic E-state index is 13.7. The van der Waals surface area contributed by atoms with Crippen LogP contribution >= 0.6 is 0 Å². The molecule has 1 aromatic carbocycles. The average molecular weight is 264 g/mol. The van der Waals surface area contributed by atoms with Crippen molar-refractivity contribution < 1.29 is 13.7 Å². The van der Waals surface area contributed by atoms with Gasteiger partial charge in [0.25, 0.3) is 5.69 Å². The molecule has 5 nitrogen and oxygen atoms in total. The molecule has 1 unspecified atom stereocenters. The lowest BCUT2D eigenvalue weighted by Gasteiger charge is -2.13. The SMILES string of the molecule is Cc1ccc(C(C)Nc2c(F)cccc2[N+](=O)[O-])o1. The summed E-state index contributed by atoms with van der Waals surface area (Å²) in [5, 5.41) is 13.7. The summed E-state index contributed by atoms with van der Waals surface area (Å²) < 4.78 is 19.1. The number of anilines is 1. The van der Waals surface area contributed by atoms with Crippen LogP contribution in [-0.4, -0.2) is 4.92 Å². The fourth-order valence-corrected chi connectivity index (χ4v) is 1.78. The highest BCUT2D eigenvalue weighted by Gasteiger charge is 2.20. The van der Waals surface area contributed by atoms with Crippen LogP contribution in [0.25, 0.3) is 0 Å². The van der Waals surface area contributed by atoms with Crippen LogP contribution in [0.1, 0.15) is 24.5 Å². The molecule has 0 saturated carbocycles. The number of furan rings is 1. The predicted octanol–water partition coefficient (Wildman–Crippen LogP) is 3.81. The van der Waals surface area contributed by atoms with E-state index < -0.39 is 10.7 Å². The highest BCUT2D eigenvalue weighted by Crippen LogP contribution is 2.30. The molecule has 0 bridgehead atoms. The Labute approximate surface area is 109 Å². The number of nitrogens with zero attached hydrogens (tertiary/aromatic N) is 1. The van der Waals surface area contributed by atoms with E-state index in [-0.39, 0.29) is 17.4 Å². The van der Waals surface area contributed by atoms with E-state index in [1.54, 1.807) is 26.0 Å². The van der Waals surface area contributed by atoms with Crippen molar-refractivity contribution in [3.63, 3.8) is 0 Å². The molecule has 0 aliphatic heterocycles. The molecule has 0 aliphatic rings. The topological polar surface area (TPSA) is 68.3 Å². The molecule has 0 amide bonds. The zero-order valence-corrected chi connectivity index (χ0v) is 10.5. The summed E-state index contributed by atoms with van der Waals surface area (Å²) in [6, 6.07) is 6.90. The quantitative estimate of drug-likeness (QED) is 0.673. The summed E-state index contributed by atoms with van der Waals surface area (Å²) in [6.07, 6.45) is 0. The number of halogens is 1. The number of hydrogen-bond acceptors (Lipinski definition) is 4. The molecule has 6 heteroatoms. The minimum atomic E-state index is -0.663. The van der Waals surface area contributed by atoms with Crippen molar-refractivity contribution >= 4 is 11.4 Å². The summed E-state index contributed by atoms with van der Waals surface area (Å²) in [4.78, 5) is 10.3. The van der Waals surface area contributed by atoms with Crippen LogP contribution in [0.15, 0.2) is 34.7 Å². The number of benzene rings is 1. The minimum absolute atomic E-state index is 0.131. The molecule has 1 N–H and O–H groups in total. The van der Waals surface area contributed by atoms with Gasteiger partial charge in [0.15, 0.2) is 5.82 Å². The Morgan fingerprint density at radius 3 is 2.68 bits per heavy atom. The molecule has 2 aromatic rings. The number of hydrogen-bond donors (Lipinski definition) is 1. The number of nitro benzene ring substituents is 1. The van der Waals surface area contributed by atoms with Gasteiger partial charge in [0.05, 0.1) is 11.0 Å². The Morgan fingerprint density at radius 2 is 2.11 bits per heavy atom. The second kappa shape index (κ2) is 5.09. The molecule has 0 spiro atoms. The molecule has 100 valence electrons. The molecule has 0 aliphatic carbocycles. The first kappa shape index (κ1) is 13.1. The van der Waals surface area contributed by atoms with Crippen molar-refractivity contribution in [1.82, 2.24) is 0 Å². The van der Waals surface area contributed by atoms with Crippen LogP contribution in [0.5, 0.6) is 0 Å². The standard InChI is InChI=1S/C13H13FN2O3/c1-8-6-7-12(19-8)9(2)15-13-10(14)4-3-5-11(13)16(17)18/h3-7,9,15H,1-2H3. The number of nitro groups is 1. The Bertz CT molecular complexity index is 610. The summed E-state index contributed by atoms with van der Waals surface area (Å²) in [7, 11) is 0. The zero-order chi connectivity index (χ0) is 14.0. The average Bonchev–Trinajstić information content (AvgIpc) is 2.78. The van der Waals surface area contributed by atoms with E-state index in [0.717, 1.165) is 5.76 Å². The van der Waals surface area contributed by atoms with Gasteiger partial charge < -0.3 is 9.73 Å². The van der Waals surface area contributed by atoms with E-state index in [1.165, 1.54) is 18.2 Å².